The van der Waals surface area contributed by atoms with Crippen LogP contribution in [0, 0.1) is 0 Å². The number of amides is 1. The van der Waals surface area contributed by atoms with Gasteiger partial charge in [-0.25, -0.2) is 10.4 Å². The second-order valence-corrected chi connectivity index (χ2v) is 12.0. The molecule has 0 saturated carbocycles. The van der Waals surface area contributed by atoms with Gasteiger partial charge in [-0.05, 0) is 81.7 Å². The van der Waals surface area contributed by atoms with Gasteiger partial charge in [-0.1, -0.05) is 64.8 Å². The first kappa shape index (κ1) is 38.0. The summed E-state index contributed by atoms with van der Waals surface area (Å²) in [6.07, 6.45) is 0.150. The van der Waals surface area contributed by atoms with Crippen LogP contribution in [0.15, 0.2) is 106 Å². The summed E-state index contributed by atoms with van der Waals surface area (Å²) in [5.41, 5.74) is 27.0. The minimum atomic E-state index is -1.60. The number of hydrogen-bond acceptors (Lipinski definition) is 10. The van der Waals surface area contributed by atoms with Gasteiger partial charge in [-0.2, -0.15) is 0 Å². The standard InChI is InChI=1S/C38H41N9O6/c1-50-33-17-12-26(22-34(33)51-2)18-19-41-45-37(49)38(23-28-8-3-4-9-29(28)24-42-46-39)35(32-11-6-5-10-30(32)25-43-47-40)53-36(44-38)27-13-15-31(16-14-27)52-21-7-20-48/h3-6,8-17,22,35,41,48H,7,18-21,23-25H2,1-2H3,(H,45,49)/t35-,38-/m0/s1. The zero-order valence-corrected chi connectivity index (χ0v) is 29.5. The van der Waals surface area contributed by atoms with Crippen molar-refractivity contribution in [3.63, 3.8) is 0 Å². The summed E-state index contributed by atoms with van der Waals surface area (Å²) in [5, 5.41) is 16.7. The van der Waals surface area contributed by atoms with Crippen LogP contribution in [0.3, 0.4) is 0 Å². The summed E-state index contributed by atoms with van der Waals surface area (Å²) in [4.78, 5) is 25.8. The number of nitrogens with zero attached hydrogens (tertiary/aromatic N) is 7. The van der Waals surface area contributed by atoms with Crippen LogP contribution < -0.4 is 25.1 Å². The van der Waals surface area contributed by atoms with Crippen molar-refractivity contribution < 1.29 is 28.8 Å². The zero-order valence-electron chi connectivity index (χ0n) is 29.5. The van der Waals surface area contributed by atoms with Gasteiger partial charge in [0.15, 0.2) is 23.1 Å². The van der Waals surface area contributed by atoms with Crippen molar-refractivity contribution in [2.75, 3.05) is 34.0 Å². The van der Waals surface area contributed by atoms with Gasteiger partial charge in [0.25, 0.3) is 5.91 Å². The monoisotopic (exact) mass is 719 g/mol. The second kappa shape index (κ2) is 18.8. The molecule has 4 aromatic rings. The Balaban J connectivity index is 1.55. The Labute approximate surface area is 306 Å². The Hall–Kier alpha value is -6.24. The quantitative estimate of drug-likeness (QED) is 0.0324. The molecule has 0 bridgehead atoms. The lowest BCUT2D eigenvalue weighted by atomic mass is 9.80. The van der Waals surface area contributed by atoms with E-state index >= 15 is 0 Å². The van der Waals surface area contributed by atoms with Gasteiger partial charge < -0.3 is 24.1 Å². The molecule has 0 radical (unpaired) electrons. The molecule has 0 fully saturated rings. The molecular formula is C38H41N9O6. The van der Waals surface area contributed by atoms with E-state index in [1.807, 2.05) is 66.7 Å². The largest absolute Gasteiger partial charge is 0.494 e. The Morgan fingerprint density at radius 3 is 2.28 bits per heavy atom. The number of aliphatic hydroxyl groups excluding tert-OH is 1. The third-order valence-corrected chi connectivity index (χ3v) is 8.74. The number of rotatable bonds is 19. The fraction of sp³-hybridized carbons (Fsp3) is 0.316. The molecule has 0 aromatic heterocycles. The minimum absolute atomic E-state index is 0.0203. The average molecular weight is 720 g/mol. The molecule has 2 atom stereocenters. The molecule has 15 heteroatoms. The molecule has 1 heterocycles. The van der Waals surface area contributed by atoms with Crippen molar-refractivity contribution in [2.24, 2.45) is 15.2 Å². The number of azide groups is 2. The van der Waals surface area contributed by atoms with Gasteiger partial charge in [0.1, 0.15) is 5.75 Å². The zero-order chi connectivity index (χ0) is 37.5. The molecule has 274 valence electrons. The van der Waals surface area contributed by atoms with Crippen LogP contribution in [0.1, 0.15) is 45.9 Å². The third kappa shape index (κ3) is 9.36. The number of ether oxygens (including phenoxy) is 4. The maximum absolute atomic E-state index is 14.8. The number of hydrazine groups is 1. The van der Waals surface area contributed by atoms with Crippen molar-refractivity contribution in [3.8, 4) is 17.2 Å². The van der Waals surface area contributed by atoms with E-state index in [0.29, 0.717) is 59.9 Å². The molecule has 5 rings (SSSR count). The van der Waals surface area contributed by atoms with E-state index in [1.54, 1.807) is 38.5 Å². The Morgan fingerprint density at radius 2 is 1.58 bits per heavy atom. The molecule has 15 nitrogen and oxygen atoms in total. The van der Waals surface area contributed by atoms with Crippen LogP contribution in [0.2, 0.25) is 0 Å². The topological polar surface area (TPSA) is 208 Å². The molecule has 4 aromatic carbocycles. The summed E-state index contributed by atoms with van der Waals surface area (Å²) in [7, 11) is 3.15. The van der Waals surface area contributed by atoms with Crippen LogP contribution in [0.5, 0.6) is 17.2 Å². The molecule has 0 aliphatic carbocycles. The van der Waals surface area contributed by atoms with Crippen LogP contribution in [0.25, 0.3) is 20.9 Å². The van der Waals surface area contributed by atoms with E-state index in [-0.39, 0.29) is 32.0 Å². The smallest absolute Gasteiger partial charge is 0.266 e. The van der Waals surface area contributed by atoms with Crippen LogP contribution in [-0.4, -0.2) is 56.4 Å². The number of nitrogens with one attached hydrogen (secondary N) is 2. The fourth-order valence-corrected chi connectivity index (χ4v) is 6.08. The fourth-order valence-electron chi connectivity index (χ4n) is 6.08. The maximum atomic E-state index is 14.8. The molecule has 0 unspecified atom stereocenters. The minimum Gasteiger partial charge on any atom is -0.494 e. The molecule has 3 N–H and O–H groups in total. The summed E-state index contributed by atoms with van der Waals surface area (Å²) < 4.78 is 23.2. The summed E-state index contributed by atoms with van der Waals surface area (Å²) >= 11 is 0. The number of hydrogen-bond donors (Lipinski definition) is 3. The van der Waals surface area contributed by atoms with Gasteiger partial charge in [0.2, 0.25) is 5.90 Å². The first-order chi connectivity index (χ1) is 26.0. The SMILES string of the molecule is COc1ccc(CCNNC(=O)[C@@]2(Cc3ccccc3CN=[N+]=[N-])N=C(c3ccc(OCCCO)cc3)O[C@H]2c2ccccc2CN=[N+]=[N-])cc1OC. The van der Waals surface area contributed by atoms with Crippen LogP contribution in [-0.2, 0) is 35.5 Å². The number of benzene rings is 4. The lowest BCUT2D eigenvalue weighted by Gasteiger charge is -2.32. The molecule has 0 saturated heterocycles. The summed E-state index contributed by atoms with van der Waals surface area (Å²) in [6, 6.07) is 27.5. The molecule has 53 heavy (non-hydrogen) atoms. The van der Waals surface area contributed by atoms with E-state index in [1.165, 1.54) is 0 Å². The summed E-state index contributed by atoms with van der Waals surface area (Å²) in [5.74, 6) is 1.58. The van der Waals surface area contributed by atoms with Gasteiger partial charge in [0.05, 0.1) is 33.9 Å². The van der Waals surface area contributed by atoms with Gasteiger partial charge in [-0.15, -0.1) is 0 Å². The van der Waals surface area contributed by atoms with E-state index in [0.717, 1.165) is 16.7 Å². The normalized spacial score (nSPS) is 16.0. The highest BCUT2D eigenvalue weighted by molar-refractivity contribution is 6.01. The van der Waals surface area contributed by atoms with Crippen molar-refractivity contribution >= 4 is 11.8 Å². The van der Waals surface area contributed by atoms with E-state index in [9.17, 15) is 10.3 Å². The predicted molar refractivity (Wildman–Crippen MR) is 198 cm³/mol. The molecule has 0 spiro atoms. The number of carbonyl (C=O) groups excluding carboxylic acids is 1. The van der Waals surface area contributed by atoms with E-state index in [2.05, 4.69) is 30.9 Å². The number of carbonyl (C=O) groups is 1. The number of aliphatic hydroxyl groups is 1. The lowest BCUT2D eigenvalue weighted by molar-refractivity contribution is -0.130. The van der Waals surface area contributed by atoms with Crippen LogP contribution in [0.4, 0.5) is 0 Å². The molecular weight excluding hydrogens is 678 g/mol. The maximum Gasteiger partial charge on any atom is 0.266 e. The van der Waals surface area contributed by atoms with Crippen molar-refractivity contribution in [2.45, 2.75) is 44.0 Å². The van der Waals surface area contributed by atoms with Gasteiger partial charge >= 0.3 is 0 Å². The Bertz CT molecular complexity index is 1990. The summed E-state index contributed by atoms with van der Waals surface area (Å²) in [6.45, 7) is 0.844. The number of aliphatic imine (C=N–C) groups is 1. The van der Waals surface area contributed by atoms with Gasteiger partial charge in [-0.3, -0.25) is 10.2 Å². The van der Waals surface area contributed by atoms with E-state index < -0.39 is 17.6 Å². The molecule has 1 amide bonds. The highest BCUT2D eigenvalue weighted by Gasteiger charge is 2.54. The second-order valence-electron chi connectivity index (χ2n) is 12.0. The number of methoxy groups -OCH3 is 2. The Morgan fingerprint density at radius 1 is 0.906 bits per heavy atom. The van der Waals surface area contributed by atoms with E-state index in [4.69, 9.17) is 34.6 Å². The van der Waals surface area contributed by atoms with Crippen molar-refractivity contribution in [1.29, 1.82) is 0 Å². The molecule has 1 aliphatic heterocycles. The van der Waals surface area contributed by atoms with Crippen molar-refractivity contribution in [3.05, 3.63) is 145 Å². The third-order valence-electron chi connectivity index (χ3n) is 8.74. The van der Waals surface area contributed by atoms with Crippen LogP contribution >= 0.6 is 0 Å². The predicted octanol–water partition coefficient (Wildman–Crippen LogP) is 6.45. The first-order valence-corrected chi connectivity index (χ1v) is 17.0. The lowest BCUT2D eigenvalue weighted by Crippen LogP contribution is -2.54. The average Bonchev–Trinajstić information content (AvgIpc) is 3.58. The van der Waals surface area contributed by atoms with Gasteiger partial charge in [0, 0.05) is 41.4 Å². The first-order valence-electron chi connectivity index (χ1n) is 17.0. The highest BCUT2D eigenvalue weighted by atomic mass is 16.5. The highest BCUT2D eigenvalue weighted by Crippen LogP contribution is 2.44. The van der Waals surface area contributed by atoms with Crippen molar-refractivity contribution in [1.82, 2.24) is 10.9 Å². The molecule has 1 aliphatic rings. The Kier molecular flexibility index (Phi) is 13.5.